The molecule has 0 fully saturated rings. The summed E-state index contributed by atoms with van der Waals surface area (Å²) in [6.45, 7) is 14.4. The molecule has 0 aromatic heterocycles. The van der Waals surface area contributed by atoms with Crippen molar-refractivity contribution in [1.29, 1.82) is 0 Å². The van der Waals surface area contributed by atoms with E-state index in [1.807, 2.05) is 32.9 Å². The molecular weight excluding hydrogens is 571 g/mol. The van der Waals surface area contributed by atoms with Crippen molar-refractivity contribution in [3.63, 3.8) is 0 Å². The third-order valence-corrected chi connectivity index (χ3v) is 15.0. The number of hydrogen-bond donors (Lipinski definition) is 1. The molecule has 4 aromatic rings. The predicted octanol–water partition coefficient (Wildman–Crippen LogP) is 6.75. The van der Waals surface area contributed by atoms with E-state index in [-0.39, 0.29) is 5.75 Å². The van der Waals surface area contributed by atoms with E-state index >= 15 is 0 Å². The molecule has 0 unspecified atom stereocenters. The lowest BCUT2D eigenvalue weighted by atomic mass is 10.2. The second kappa shape index (κ2) is 15.1. The topological polar surface area (TPSA) is 57.2 Å². The molecular formula is C36H46O5PSi+. The van der Waals surface area contributed by atoms with Crippen LogP contribution in [-0.4, -0.2) is 40.3 Å². The van der Waals surface area contributed by atoms with Crippen LogP contribution in [0.3, 0.4) is 0 Å². The van der Waals surface area contributed by atoms with Crippen molar-refractivity contribution >= 4 is 37.3 Å². The van der Waals surface area contributed by atoms with E-state index < -0.39 is 16.1 Å². The first-order valence-corrected chi connectivity index (χ1v) is 19.0. The zero-order valence-electron chi connectivity index (χ0n) is 26.4. The van der Waals surface area contributed by atoms with Gasteiger partial charge in [-0.25, -0.2) is 0 Å². The minimum absolute atomic E-state index is 0.216. The van der Waals surface area contributed by atoms with Crippen LogP contribution in [-0.2, 0) is 13.3 Å². The molecule has 5 nitrogen and oxygen atoms in total. The first kappa shape index (κ1) is 32.9. The minimum Gasteiger partial charge on any atom is -0.508 e. The number of ether oxygens (including phenoxy) is 1. The van der Waals surface area contributed by atoms with Gasteiger partial charge in [0.25, 0.3) is 0 Å². The van der Waals surface area contributed by atoms with Gasteiger partial charge >= 0.3 is 8.80 Å². The maximum Gasteiger partial charge on any atom is 0.501 e. The summed E-state index contributed by atoms with van der Waals surface area (Å²) in [5, 5.41) is 15.6. The molecule has 43 heavy (non-hydrogen) atoms. The van der Waals surface area contributed by atoms with Gasteiger partial charge in [-0.15, -0.1) is 0 Å². The zero-order chi connectivity index (χ0) is 30.9. The first-order chi connectivity index (χ1) is 20.8. The maximum absolute atomic E-state index is 10.9. The Hall–Kier alpha value is -2.99. The van der Waals surface area contributed by atoms with Gasteiger partial charge in [-0.1, -0.05) is 53.1 Å². The maximum atomic E-state index is 10.9. The van der Waals surface area contributed by atoms with Crippen molar-refractivity contribution in [3.8, 4) is 11.5 Å². The molecule has 0 aliphatic heterocycles. The highest BCUT2D eigenvalue weighted by Gasteiger charge is 2.50. The fourth-order valence-corrected chi connectivity index (χ4v) is 12.4. The molecule has 1 N–H and O–H groups in total. The van der Waals surface area contributed by atoms with E-state index in [2.05, 4.69) is 93.6 Å². The molecule has 0 bridgehead atoms. The zero-order valence-corrected chi connectivity index (χ0v) is 28.3. The molecule has 0 radical (unpaired) electrons. The van der Waals surface area contributed by atoms with Gasteiger partial charge in [0.05, 0.1) is 6.61 Å². The highest BCUT2D eigenvalue weighted by atomic mass is 31.2. The van der Waals surface area contributed by atoms with Crippen molar-refractivity contribution in [2.45, 2.75) is 54.0 Å². The summed E-state index contributed by atoms with van der Waals surface area (Å²) in [5.41, 5.74) is 3.60. The van der Waals surface area contributed by atoms with Crippen LogP contribution in [0.4, 0.5) is 0 Å². The van der Waals surface area contributed by atoms with Crippen LogP contribution in [0.2, 0.25) is 6.04 Å². The Kier molecular flexibility index (Phi) is 11.6. The fourth-order valence-electron chi connectivity index (χ4n) is 5.53. The SMILES string of the molecule is CCO[Si](CCCOc1ccc(O)cc1[P+](c1ccc(C)cc1)(c1ccc(C)cc1)c1ccc(C)cc1)(OCC)OCC. The van der Waals surface area contributed by atoms with Crippen molar-refractivity contribution in [2.24, 2.45) is 0 Å². The van der Waals surface area contributed by atoms with E-state index in [4.69, 9.17) is 18.0 Å². The van der Waals surface area contributed by atoms with E-state index in [9.17, 15) is 5.11 Å². The highest BCUT2D eigenvalue weighted by Crippen LogP contribution is 2.56. The average molecular weight is 618 g/mol. The monoisotopic (exact) mass is 617 g/mol. The van der Waals surface area contributed by atoms with E-state index in [1.54, 1.807) is 6.07 Å². The molecule has 0 aliphatic rings. The van der Waals surface area contributed by atoms with E-state index in [0.717, 1.165) is 17.5 Å². The lowest BCUT2D eigenvalue weighted by Crippen LogP contribution is -2.46. The summed E-state index contributed by atoms with van der Waals surface area (Å²) < 4.78 is 24.8. The summed E-state index contributed by atoms with van der Waals surface area (Å²) in [7, 11) is -5.27. The molecule has 0 amide bonds. The molecule has 0 saturated carbocycles. The Morgan fingerprint density at radius 3 is 1.42 bits per heavy atom. The molecule has 4 rings (SSSR count). The van der Waals surface area contributed by atoms with Crippen LogP contribution in [0.15, 0.2) is 91.0 Å². The van der Waals surface area contributed by atoms with Gasteiger partial charge in [-0.3, -0.25) is 0 Å². The molecule has 4 aromatic carbocycles. The van der Waals surface area contributed by atoms with Crippen LogP contribution in [0.25, 0.3) is 0 Å². The number of phenols is 1. The predicted molar refractivity (Wildman–Crippen MR) is 183 cm³/mol. The van der Waals surface area contributed by atoms with Crippen molar-refractivity contribution in [1.82, 2.24) is 0 Å². The standard InChI is InChI=1S/C36H45O5PSi/c1-7-39-43(40-8-2,41-9-3)26-10-25-38-35-24-17-31(37)27-36(35)42(32-18-11-28(4)12-19-32,33-20-13-29(5)14-21-33)34-22-15-30(6)16-23-34/h11-24,27H,7-10,25-26H2,1-6H3/p+1. The third-order valence-electron chi connectivity index (χ3n) is 7.55. The lowest BCUT2D eigenvalue weighted by Gasteiger charge is -2.30. The normalized spacial score (nSPS) is 12.0. The van der Waals surface area contributed by atoms with Gasteiger partial charge < -0.3 is 23.1 Å². The molecule has 0 saturated heterocycles. The second-order valence-electron chi connectivity index (χ2n) is 10.8. The van der Waals surface area contributed by atoms with Gasteiger partial charge in [0.1, 0.15) is 28.9 Å². The number of phenolic OH excluding ortho intramolecular Hbond substituents is 1. The van der Waals surface area contributed by atoms with Crippen molar-refractivity contribution < 1.29 is 23.1 Å². The lowest BCUT2D eigenvalue weighted by molar-refractivity contribution is 0.0697. The Morgan fingerprint density at radius 1 is 0.605 bits per heavy atom. The summed E-state index contributed by atoms with van der Waals surface area (Å²) in [5.74, 6) is 0.984. The van der Waals surface area contributed by atoms with Gasteiger partial charge in [0.15, 0.2) is 11.1 Å². The number of rotatable bonds is 15. The number of aromatic hydroxyl groups is 1. The summed E-state index contributed by atoms with van der Waals surface area (Å²) >= 11 is 0. The Balaban J connectivity index is 1.84. The van der Waals surface area contributed by atoms with Crippen LogP contribution < -0.4 is 26.0 Å². The van der Waals surface area contributed by atoms with Gasteiger partial charge in [0.2, 0.25) is 0 Å². The van der Waals surface area contributed by atoms with Gasteiger partial charge in [-0.05, 0) is 96.5 Å². The smallest absolute Gasteiger partial charge is 0.501 e. The number of hydrogen-bond acceptors (Lipinski definition) is 5. The van der Waals surface area contributed by atoms with Crippen LogP contribution >= 0.6 is 7.26 Å². The van der Waals surface area contributed by atoms with Gasteiger partial charge in [-0.2, -0.15) is 0 Å². The third kappa shape index (κ3) is 7.57. The largest absolute Gasteiger partial charge is 0.508 e. The van der Waals surface area contributed by atoms with Crippen LogP contribution in [0.1, 0.15) is 43.9 Å². The summed E-state index contributed by atoms with van der Waals surface area (Å²) in [6, 6.07) is 32.7. The summed E-state index contributed by atoms with van der Waals surface area (Å²) in [4.78, 5) is 0. The van der Waals surface area contributed by atoms with E-state index in [1.165, 1.54) is 32.6 Å². The Labute approximate surface area is 259 Å². The van der Waals surface area contributed by atoms with Gasteiger partial charge in [0, 0.05) is 31.9 Å². The average Bonchev–Trinajstić information content (AvgIpc) is 2.99. The second-order valence-corrected chi connectivity index (χ2v) is 16.9. The molecule has 228 valence electrons. The first-order valence-electron chi connectivity index (χ1n) is 15.3. The Morgan fingerprint density at radius 2 is 1.02 bits per heavy atom. The van der Waals surface area contributed by atoms with Crippen molar-refractivity contribution in [3.05, 3.63) is 108 Å². The minimum atomic E-state index is -2.78. The molecule has 7 heteroatoms. The Bertz CT molecular complexity index is 1310. The number of benzene rings is 4. The number of aryl methyl sites for hydroxylation is 3. The molecule has 0 atom stereocenters. The quantitative estimate of drug-likeness (QED) is 0.0909. The van der Waals surface area contributed by atoms with Crippen LogP contribution in [0, 0.1) is 20.8 Å². The van der Waals surface area contributed by atoms with E-state index in [0.29, 0.717) is 32.5 Å². The fraction of sp³-hybridized carbons (Fsp3) is 0.333. The molecule has 0 spiro atoms. The summed E-state index contributed by atoms with van der Waals surface area (Å²) in [6.07, 6.45) is 0.720. The van der Waals surface area contributed by atoms with Crippen LogP contribution in [0.5, 0.6) is 11.5 Å². The highest BCUT2D eigenvalue weighted by molar-refractivity contribution is 8.01. The van der Waals surface area contributed by atoms with Crippen molar-refractivity contribution in [2.75, 3.05) is 26.4 Å². The molecule has 0 aliphatic carbocycles. The molecule has 0 heterocycles.